The van der Waals surface area contributed by atoms with E-state index in [2.05, 4.69) is 11.4 Å². The summed E-state index contributed by atoms with van der Waals surface area (Å²) < 4.78 is 5.79. The Morgan fingerprint density at radius 1 is 1.05 bits per heavy atom. The van der Waals surface area contributed by atoms with E-state index in [0.717, 1.165) is 35.8 Å². The number of benzene rings is 2. The summed E-state index contributed by atoms with van der Waals surface area (Å²) in [6.45, 7) is 2.33. The summed E-state index contributed by atoms with van der Waals surface area (Å²) in [7, 11) is 0. The Morgan fingerprint density at radius 2 is 1.86 bits per heavy atom. The fraction of sp³-hybridized carbons (Fsp3) is 0.294. The summed E-state index contributed by atoms with van der Waals surface area (Å²) in [6.07, 6.45) is 0.771. The normalized spacial score (nSPS) is 10.6. The monoisotopic (exact) mass is 305 g/mol. The van der Waals surface area contributed by atoms with E-state index in [1.807, 2.05) is 42.5 Å². The lowest BCUT2D eigenvalue weighted by Gasteiger charge is -2.09. The number of ether oxygens (including phenoxy) is 1. The Kier molecular flexibility index (Phi) is 6.54. The number of halogens is 1. The molecule has 0 bridgehead atoms. The minimum absolute atomic E-state index is 0.219. The van der Waals surface area contributed by atoms with E-state index >= 15 is 0 Å². The van der Waals surface area contributed by atoms with Gasteiger partial charge in [0.05, 0.1) is 0 Å². The topological polar surface area (TPSA) is 41.5 Å². The fourth-order valence-corrected chi connectivity index (χ4v) is 2.06. The lowest BCUT2D eigenvalue weighted by molar-refractivity contribution is 0.286. The predicted octanol–water partition coefficient (Wildman–Crippen LogP) is 3.39. The molecular weight excluding hydrogens is 286 g/mol. The Balaban J connectivity index is 1.84. The third-order valence-corrected chi connectivity index (χ3v) is 3.31. The van der Waals surface area contributed by atoms with Crippen LogP contribution in [-0.4, -0.2) is 18.3 Å². The van der Waals surface area contributed by atoms with E-state index in [1.54, 1.807) is 0 Å². The van der Waals surface area contributed by atoms with Crippen molar-refractivity contribution >= 4 is 11.6 Å². The van der Waals surface area contributed by atoms with Crippen LogP contribution < -0.4 is 10.1 Å². The van der Waals surface area contributed by atoms with Crippen molar-refractivity contribution in [2.75, 3.05) is 13.2 Å². The molecule has 0 aliphatic heterocycles. The van der Waals surface area contributed by atoms with Crippen molar-refractivity contribution in [2.24, 2.45) is 0 Å². The van der Waals surface area contributed by atoms with Crippen molar-refractivity contribution in [3.05, 3.63) is 64.7 Å². The highest BCUT2D eigenvalue weighted by atomic mass is 35.5. The van der Waals surface area contributed by atoms with E-state index < -0.39 is 0 Å². The van der Waals surface area contributed by atoms with Crippen molar-refractivity contribution in [3.8, 4) is 5.75 Å². The Labute approximate surface area is 130 Å². The second kappa shape index (κ2) is 8.67. The average Bonchev–Trinajstić information content (AvgIpc) is 2.52. The number of nitrogens with one attached hydrogen (secondary N) is 1. The molecule has 2 N–H and O–H groups in total. The van der Waals surface area contributed by atoms with Crippen LogP contribution >= 0.6 is 11.6 Å². The first-order chi connectivity index (χ1) is 10.3. The van der Waals surface area contributed by atoms with Crippen LogP contribution in [0.5, 0.6) is 5.75 Å². The number of hydrogen-bond acceptors (Lipinski definition) is 3. The fourth-order valence-electron chi connectivity index (χ4n) is 1.93. The van der Waals surface area contributed by atoms with E-state index in [4.69, 9.17) is 21.4 Å². The minimum atomic E-state index is 0.219. The van der Waals surface area contributed by atoms with Crippen LogP contribution in [0.25, 0.3) is 0 Å². The van der Waals surface area contributed by atoms with Crippen LogP contribution in [0, 0.1) is 0 Å². The highest BCUT2D eigenvalue weighted by Crippen LogP contribution is 2.16. The molecule has 0 radical (unpaired) electrons. The molecule has 0 heterocycles. The SMILES string of the molecule is OCCCNCc1cccc(OCc2ccc(Cl)cc2)c1. The second-order valence-corrected chi connectivity index (χ2v) is 5.25. The number of rotatable bonds is 8. The van der Waals surface area contributed by atoms with E-state index in [1.165, 1.54) is 5.56 Å². The summed E-state index contributed by atoms with van der Waals surface area (Å²) >= 11 is 5.86. The molecule has 2 aromatic carbocycles. The Bertz CT molecular complexity index is 543. The molecule has 0 saturated carbocycles. The van der Waals surface area contributed by atoms with Gasteiger partial charge in [0.15, 0.2) is 0 Å². The summed E-state index contributed by atoms with van der Waals surface area (Å²) in [5.74, 6) is 0.853. The van der Waals surface area contributed by atoms with E-state index in [9.17, 15) is 0 Å². The van der Waals surface area contributed by atoms with Crippen LogP contribution in [0.4, 0.5) is 0 Å². The zero-order valence-electron chi connectivity index (χ0n) is 11.9. The molecule has 4 heteroatoms. The van der Waals surface area contributed by atoms with Gasteiger partial charge in [0.2, 0.25) is 0 Å². The number of aliphatic hydroxyl groups excluding tert-OH is 1. The predicted molar refractivity (Wildman–Crippen MR) is 85.6 cm³/mol. The first-order valence-corrected chi connectivity index (χ1v) is 7.43. The maximum absolute atomic E-state index is 8.73. The first kappa shape index (κ1) is 15.8. The molecule has 3 nitrogen and oxygen atoms in total. The average molecular weight is 306 g/mol. The van der Waals surface area contributed by atoms with Gasteiger partial charge in [-0.3, -0.25) is 0 Å². The molecule has 2 rings (SSSR count). The van der Waals surface area contributed by atoms with E-state index in [0.29, 0.717) is 6.61 Å². The lowest BCUT2D eigenvalue weighted by Crippen LogP contribution is -2.15. The van der Waals surface area contributed by atoms with E-state index in [-0.39, 0.29) is 6.61 Å². The van der Waals surface area contributed by atoms with Gasteiger partial charge in [-0.05, 0) is 48.4 Å². The van der Waals surface area contributed by atoms with Crippen LogP contribution in [0.3, 0.4) is 0 Å². The van der Waals surface area contributed by atoms with Gasteiger partial charge in [-0.15, -0.1) is 0 Å². The lowest BCUT2D eigenvalue weighted by atomic mass is 10.2. The van der Waals surface area contributed by atoms with Crippen LogP contribution in [0.15, 0.2) is 48.5 Å². The molecule has 0 aliphatic carbocycles. The minimum Gasteiger partial charge on any atom is -0.489 e. The van der Waals surface area contributed by atoms with Crippen molar-refractivity contribution in [3.63, 3.8) is 0 Å². The molecule has 21 heavy (non-hydrogen) atoms. The summed E-state index contributed by atoms with van der Waals surface area (Å²) in [5.41, 5.74) is 2.26. The van der Waals surface area contributed by atoms with Crippen molar-refractivity contribution < 1.29 is 9.84 Å². The zero-order chi connectivity index (χ0) is 14.9. The molecule has 0 aliphatic rings. The van der Waals surface area contributed by atoms with Gasteiger partial charge in [-0.25, -0.2) is 0 Å². The summed E-state index contributed by atoms with van der Waals surface area (Å²) in [4.78, 5) is 0. The molecule has 112 valence electrons. The van der Waals surface area contributed by atoms with Crippen molar-refractivity contribution in [2.45, 2.75) is 19.6 Å². The van der Waals surface area contributed by atoms with Crippen LogP contribution in [0.1, 0.15) is 17.5 Å². The summed E-state index contributed by atoms with van der Waals surface area (Å²) in [6, 6.07) is 15.7. The van der Waals surface area contributed by atoms with Gasteiger partial charge in [0, 0.05) is 18.2 Å². The van der Waals surface area contributed by atoms with Gasteiger partial charge in [0.1, 0.15) is 12.4 Å². The smallest absolute Gasteiger partial charge is 0.120 e. The van der Waals surface area contributed by atoms with Gasteiger partial charge in [0.25, 0.3) is 0 Å². The second-order valence-electron chi connectivity index (χ2n) is 4.82. The molecular formula is C17H20ClNO2. The van der Waals surface area contributed by atoms with Crippen molar-refractivity contribution in [1.82, 2.24) is 5.32 Å². The number of aliphatic hydroxyl groups is 1. The van der Waals surface area contributed by atoms with Crippen LogP contribution in [-0.2, 0) is 13.2 Å². The summed E-state index contributed by atoms with van der Waals surface area (Å²) in [5, 5.41) is 12.7. The first-order valence-electron chi connectivity index (χ1n) is 7.05. The Hall–Kier alpha value is -1.55. The molecule has 0 amide bonds. The third kappa shape index (κ3) is 5.76. The highest BCUT2D eigenvalue weighted by molar-refractivity contribution is 6.30. The maximum Gasteiger partial charge on any atom is 0.120 e. The number of hydrogen-bond donors (Lipinski definition) is 2. The highest BCUT2D eigenvalue weighted by Gasteiger charge is 1.99. The molecule has 0 spiro atoms. The quantitative estimate of drug-likeness (QED) is 0.735. The largest absolute Gasteiger partial charge is 0.489 e. The van der Waals surface area contributed by atoms with Gasteiger partial charge in [-0.2, -0.15) is 0 Å². The molecule has 0 fully saturated rings. The zero-order valence-corrected chi connectivity index (χ0v) is 12.6. The Morgan fingerprint density at radius 3 is 2.62 bits per heavy atom. The molecule has 0 saturated heterocycles. The third-order valence-electron chi connectivity index (χ3n) is 3.06. The van der Waals surface area contributed by atoms with Gasteiger partial charge in [-0.1, -0.05) is 35.9 Å². The standard InChI is InChI=1S/C17H20ClNO2/c18-16-7-5-14(6-8-16)13-21-17-4-1-3-15(11-17)12-19-9-2-10-20/h1,3-8,11,19-20H,2,9-10,12-13H2. The van der Waals surface area contributed by atoms with Gasteiger partial charge >= 0.3 is 0 Å². The maximum atomic E-state index is 8.73. The van der Waals surface area contributed by atoms with Gasteiger partial charge < -0.3 is 15.2 Å². The molecule has 0 atom stereocenters. The molecule has 2 aromatic rings. The van der Waals surface area contributed by atoms with Crippen molar-refractivity contribution in [1.29, 1.82) is 0 Å². The molecule has 0 unspecified atom stereocenters. The molecule has 0 aromatic heterocycles. The van der Waals surface area contributed by atoms with Crippen LogP contribution in [0.2, 0.25) is 5.02 Å².